The summed E-state index contributed by atoms with van der Waals surface area (Å²) in [5.74, 6) is 0.787. The van der Waals surface area contributed by atoms with Gasteiger partial charge in [0.2, 0.25) is 5.91 Å². The molecule has 0 fully saturated rings. The van der Waals surface area contributed by atoms with Crippen molar-refractivity contribution in [2.75, 3.05) is 13.2 Å². The second-order valence-corrected chi connectivity index (χ2v) is 5.72. The first-order chi connectivity index (χ1) is 11.7. The molecule has 24 heavy (non-hydrogen) atoms. The van der Waals surface area contributed by atoms with Crippen LogP contribution in [0.15, 0.2) is 60.8 Å². The number of amides is 1. The predicted octanol–water partition coefficient (Wildman–Crippen LogP) is 3.28. The fourth-order valence-corrected chi connectivity index (χ4v) is 2.57. The van der Waals surface area contributed by atoms with Crippen LogP contribution in [0.2, 0.25) is 0 Å². The van der Waals surface area contributed by atoms with Gasteiger partial charge in [-0.1, -0.05) is 35.9 Å². The number of aromatic nitrogens is 1. The molecule has 0 saturated heterocycles. The minimum absolute atomic E-state index is 0.00640. The maximum atomic E-state index is 11.9. The number of benzene rings is 2. The van der Waals surface area contributed by atoms with Gasteiger partial charge in [0.15, 0.2) is 0 Å². The highest BCUT2D eigenvalue weighted by molar-refractivity contribution is 5.80. The van der Waals surface area contributed by atoms with Crippen LogP contribution in [0.5, 0.6) is 5.75 Å². The van der Waals surface area contributed by atoms with Crippen molar-refractivity contribution in [2.24, 2.45) is 0 Å². The number of nitrogens with one attached hydrogen (secondary N) is 1. The van der Waals surface area contributed by atoms with E-state index in [1.165, 1.54) is 0 Å². The van der Waals surface area contributed by atoms with Gasteiger partial charge in [-0.2, -0.15) is 0 Å². The van der Waals surface area contributed by atoms with Gasteiger partial charge in [-0.25, -0.2) is 0 Å². The standard InChI is InChI=1S/C20H20N2O2/c1-15-4-2-5-16(12-15)13-20(23)22-10-11-24-18-7-8-19-17(14-18)6-3-9-21-19/h2-9,12,14H,10-11,13H2,1H3,(H,22,23). The molecule has 0 aliphatic heterocycles. The van der Waals surface area contributed by atoms with Crippen LogP contribution in [-0.2, 0) is 11.2 Å². The molecule has 1 heterocycles. The van der Waals surface area contributed by atoms with Gasteiger partial charge in [0.1, 0.15) is 12.4 Å². The third-order valence-electron chi connectivity index (χ3n) is 3.71. The summed E-state index contributed by atoms with van der Waals surface area (Å²) in [6.45, 7) is 2.94. The zero-order valence-corrected chi connectivity index (χ0v) is 13.7. The largest absolute Gasteiger partial charge is 0.492 e. The fraction of sp³-hybridized carbons (Fsp3) is 0.200. The molecule has 0 saturated carbocycles. The Morgan fingerprint density at radius 1 is 1.12 bits per heavy atom. The lowest BCUT2D eigenvalue weighted by Crippen LogP contribution is -2.29. The van der Waals surface area contributed by atoms with E-state index in [-0.39, 0.29) is 5.91 Å². The van der Waals surface area contributed by atoms with Crippen molar-refractivity contribution < 1.29 is 9.53 Å². The van der Waals surface area contributed by atoms with Crippen LogP contribution in [0.1, 0.15) is 11.1 Å². The Hall–Kier alpha value is -2.88. The van der Waals surface area contributed by atoms with Gasteiger partial charge >= 0.3 is 0 Å². The number of pyridine rings is 1. The van der Waals surface area contributed by atoms with E-state index >= 15 is 0 Å². The van der Waals surface area contributed by atoms with Crippen molar-refractivity contribution in [1.29, 1.82) is 0 Å². The zero-order chi connectivity index (χ0) is 16.8. The number of carbonyl (C=O) groups excluding carboxylic acids is 1. The molecule has 0 unspecified atom stereocenters. The first-order valence-corrected chi connectivity index (χ1v) is 8.00. The Morgan fingerprint density at radius 2 is 2.04 bits per heavy atom. The summed E-state index contributed by atoms with van der Waals surface area (Å²) < 4.78 is 5.69. The number of carbonyl (C=O) groups is 1. The SMILES string of the molecule is Cc1cccc(CC(=O)NCCOc2ccc3ncccc3c2)c1. The highest BCUT2D eigenvalue weighted by atomic mass is 16.5. The Labute approximate surface area is 141 Å². The minimum Gasteiger partial charge on any atom is -0.492 e. The molecule has 4 nitrogen and oxygen atoms in total. The highest BCUT2D eigenvalue weighted by Crippen LogP contribution is 2.18. The van der Waals surface area contributed by atoms with Crippen molar-refractivity contribution in [1.82, 2.24) is 10.3 Å². The molecule has 0 atom stereocenters. The summed E-state index contributed by atoms with van der Waals surface area (Å²) in [7, 11) is 0. The van der Waals surface area contributed by atoms with Crippen LogP contribution in [-0.4, -0.2) is 24.0 Å². The summed E-state index contributed by atoms with van der Waals surface area (Å²) in [6, 6.07) is 17.7. The quantitative estimate of drug-likeness (QED) is 0.709. The molecule has 2 aromatic carbocycles. The van der Waals surface area contributed by atoms with Gasteiger partial charge < -0.3 is 10.1 Å². The highest BCUT2D eigenvalue weighted by Gasteiger charge is 2.03. The third-order valence-corrected chi connectivity index (χ3v) is 3.71. The average Bonchev–Trinajstić information content (AvgIpc) is 2.58. The fourth-order valence-electron chi connectivity index (χ4n) is 2.57. The van der Waals surface area contributed by atoms with E-state index in [1.54, 1.807) is 6.20 Å². The second kappa shape index (κ2) is 7.59. The second-order valence-electron chi connectivity index (χ2n) is 5.72. The summed E-state index contributed by atoms with van der Waals surface area (Å²) in [4.78, 5) is 16.2. The van der Waals surface area contributed by atoms with E-state index in [0.29, 0.717) is 19.6 Å². The van der Waals surface area contributed by atoms with E-state index in [0.717, 1.165) is 27.8 Å². The van der Waals surface area contributed by atoms with E-state index in [2.05, 4.69) is 10.3 Å². The molecule has 0 aliphatic carbocycles. The van der Waals surface area contributed by atoms with Crippen molar-refractivity contribution in [2.45, 2.75) is 13.3 Å². The van der Waals surface area contributed by atoms with Gasteiger partial charge in [0.25, 0.3) is 0 Å². The van der Waals surface area contributed by atoms with E-state index in [1.807, 2.05) is 61.5 Å². The van der Waals surface area contributed by atoms with E-state index in [9.17, 15) is 4.79 Å². The van der Waals surface area contributed by atoms with Crippen LogP contribution >= 0.6 is 0 Å². The number of rotatable bonds is 6. The molecule has 4 heteroatoms. The first kappa shape index (κ1) is 16.0. The Bertz CT molecular complexity index is 846. The van der Waals surface area contributed by atoms with Crippen LogP contribution in [0.3, 0.4) is 0 Å². The molecular weight excluding hydrogens is 300 g/mol. The predicted molar refractivity (Wildman–Crippen MR) is 95.1 cm³/mol. The third kappa shape index (κ3) is 4.32. The molecule has 1 N–H and O–H groups in total. The number of aryl methyl sites for hydroxylation is 1. The van der Waals surface area contributed by atoms with E-state index in [4.69, 9.17) is 4.74 Å². The lowest BCUT2D eigenvalue weighted by Gasteiger charge is -2.09. The minimum atomic E-state index is 0.00640. The Kier molecular flexibility index (Phi) is 5.06. The van der Waals surface area contributed by atoms with E-state index < -0.39 is 0 Å². The average molecular weight is 320 g/mol. The van der Waals surface area contributed by atoms with Gasteiger partial charge in [0, 0.05) is 11.6 Å². The number of fused-ring (bicyclic) bond motifs is 1. The van der Waals surface area contributed by atoms with Crippen LogP contribution in [0, 0.1) is 6.92 Å². The Morgan fingerprint density at radius 3 is 2.92 bits per heavy atom. The molecule has 122 valence electrons. The lowest BCUT2D eigenvalue weighted by molar-refractivity contribution is -0.120. The van der Waals surface area contributed by atoms with Crippen LogP contribution in [0.25, 0.3) is 10.9 Å². The molecule has 0 aliphatic rings. The van der Waals surface area contributed by atoms with Gasteiger partial charge in [-0.15, -0.1) is 0 Å². The smallest absolute Gasteiger partial charge is 0.224 e. The number of ether oxygens (including phenoxy) is 1. The van der Waals surface area contributed by atoms with Crippen molar-refractivity contribution in [3.8, 4) is 5.75 Å². The van der Waals surface area contributed by atoms with Crippen molar-refractivity contribution in [3.63, 3.8) is 0 Å². The van der Waals surface area contributed by atoms with Crippen molar-refractivity contribution in [3.05, 3.63) is 71.9 Å². The van der Waals surface area contributed by atoms with Gasteiger partial charge in [-0.05, 0) is 36.8 Å². The number of nitrogens with zero attached hydrogens (tertiary/aromatic N) is 1. The van der Waals surface area contributed by atoms with Crippen molar-refractivity contribution >= 4 is 16.8 Å². The molecule has 1 amide bonds. The maximum absolute atomic E-state index is 11.9. The van der Waals surface area contributed by atoms with Gasteiger partial charge in [-0.3, -0.25) is 9.78 Å². The first-order valence-electron chi connectivity index (χ1n) is 8.00. The molecular formula is C20H20N2O2. The van der Waals surface area contributed by atoms with Crippen LogP contribution < -0.4 is 10.1 Å². The number of hydrogen-bond donors (Lipinski definition) is 1. The molecule has 0 bridgehead atoms. The summed E-state index contributed by atoms with van der Waals surface area (Å²) >= 11 is 0. The molecule has 1 aromatic heterocycles. The van der Waals surface area contributed by atoms with Gasteiger partial charge in [0.05, 0.1) is 18.5 Å². The Balaban J connectivity index is 1.45. The zero-order valence-electron chi connectivity index (χ0n) is 13.7. The molecule has 3 aromatic rings. The number of hydrogen-bond acceptors (Lipinski definition) is 3. The summed E-state index contributed by atoms with van der Waals surface area (Å²) in [5.41, 5.74) is 3.13. The lowest BCUT2D eigenvalue weighted by atomic mass is 10.1. The maximum Gasteiger partial charge on any atom is 0.224 e. The monoisotopic (exact) mass is 320 g/mol. The topological polar surface area (TPSA) is 51.2 Å². The molecule has 0 radical (unpaired) electrons. The van der Waals surface area contributed by atoms with Crippen LogP contribution in [0.4, 0.5) is 0 Å². The molecule has 3 rings (SSSR count). The normalized spacial score (nSPS) is 10.5. The summed E-state index contributed by atoms with van der Waals surface area (Å²) in [5, 5.41) is 3.92. The molecule has 0 spiro atoms. The summed E-state index contributed by atoms with van der Waals surface area (Å²) in [6.07, 6.45) is 2.16.